The lowest BCUT2D eigenvalue weighted by molar-refractivity contribution is -0.154. The topological polar surface area (TPSA) is 103 Å². The molecule has 4 aromatic rings. The van der Waals surface area contributed by atoms with Gasteiger partial charge in [0.25, 0.3) is 0 Å². The molecule has 0 saturated carbocycles. The highest BCUT2D eigenvalue weighted by Crippen LogP contribution is 2.45. The second kappa shape index (κ2) is 15.4. The van der Waals surface area contributed by atoms with E-state index in [9.17, 15) is 9.59 Å². The summed E-state index contributed by atoms with van der Waals surface area (Å²) in [4.78, 5) is 41.6. The van der Waals surface area contributed by atoms with Crippen molar-refractivity contribution in [3.05, 3.63) is 110 Å². The Morgan fingerprint density at radius 1 is 0.704 bits per heavy atom. The van der Waals surface area contributed by atoms with Crippen LogP contribution in [0.3, 0.4) is 0 Å². The number of ether oxygens (including phenoxy) is 4. The number of esters is 2. The Balaban J connectivity index is 1.08. The third-order valence-electron chi connectivity index (χ3n) is 12.4. The van der Waals surface area contributed by atoms with Gasteiger partial charge < -0.3 is 18.9 Å². The molecule has 6 fully saturated rings. The Bertz CT molecular complexity index is 1950. The number of nitrogens with zero attached hydrogens (tertiary/aromatic N) is 4. The van der Waals surface area contributed by atoms with E-state index >= 15 is 0 Å². The van der Waals surface area contributed by atoms with E-state index in [2.05, 4.69) is 45.1 Å². The Morgan fingerprint density at radius 3 is 1.52 bits per heavy atom. The van der Waals surface area contributed by atoms with Gasteiger partial charge in [0.15, 0.2) is 0 Å². The van der Waals surface area contributed by atoms with Gasteiger partial charge in [0.2, 0.25) is 0 Å². The largest absolute Gasteiger partial charge is 0.497 e. The number of fused-ring (bicyclic) bond motifs is 8. The Hall–Kier alpha value is -5.06. The second-order valence-corrected chi connectivity index (χ2v) is 15.1. The zero-order valence-electron chi connectivity index (χ0n) is 31.0. The first-order valence-corrected chi connectivity index (χ1v) is 19.0. The fourth-order valence-electron chi connectivity index (χ4n) is 9.59. The predicted molar refractivity (Wildman–Crippen MR) is 207 cm³/mol. The molecule has 10 nitrogen and oxygen atoms in total. The highest BCUT2D eigenvalue weighted by atomic mass is 16.6. The number of rotatable bonds is 12. The summed E-state index contributed by atoms with van der Waals surface area (Å²) >= 11 is 0. The molecule has 6 aliphatic heterocycles. The highest BCUT2D eigenvalue weighted by molar-refractivity contribution is 5.92. The monoisotopic (exact) mass is 728 g/mol. The van der Waals surface area contributed by atoms with Gasteiger partial charge >= 0.3 is 11.9 Å². The van der Waals surface area contributed by atoms with Gasteiger partial charge in [0.05, 0.1) is 37.3 Å². The molecule has 4 bridgehead atoms. The van der Waals surface area contributed by atoms with Crippen molar-refractivity contribution >= 4 is 33.7 Å². The molecule has 280 valence electrons. The Morgan fingerprint density at radius 2 is 1.15 bits per heavy atom. The molecule has 6 saturated heterocycles. The standard InChI is InChI=1S/C44H48N4O6/c1-5-27-25-47-19-15-29(27)21-39(47)43(33-13-17-45-37-9-7-31(51-3)23-35(33)37)53-41(49)11-12-42(50)54-44(40-22-30-16-20-48(40)26-28(30)6-2)34-14-18-46-38-10-8-32(52-4)24-36(34)38/h5-14,17-18,23-24,27-30,39-40,43-44H,1-2,15-16,19-22,25-26H2,3-4H3/b12-11+/t27-,28-,29-,30-,39-,40-,43+,44+/m0/s1. The lowest BCUT2D eigenvalue weighted by atomic mass is 9.73. The summed E-state index contributed by atoms with van der Waals surface area (Å²) in [5, 5.41) is 1.72. The minimum absolute atomic E-state index is 0.0439. The molecule has 0 amide bonds. The van der Waals surface area contributed by atoms with Crippen LogP contribution >= 0.6 is 0 Å². The van der Waals surface area contributed by atoms with Crippen LogP contribution in [0.5, 0.6) is 11.5 Å². The first kappa shape index (κ1) is 35.9. The van der Waals surface area contributed by atoms with Crippen molar-refractivity contribution in [2.75, 3.05) is 40.4 Å². The van der Waals surface area contributed by atoms with Crippen molar-refractivity contribution in [1.82, 2.24) is 19.8 Å². The van der Waals surface area contributed by atoms with Crippen LogP contribution in [0.2, 0.25) is 0 Å². The van der Waals surface area contributed by atoms with Crippen LogP contribution in [0.15, 0.2) is 98.4 Å². The van der Waals surface area contributed by atoms with Gasteiger partial charge in [-0.3, -0.25) is 19.8 Å². The molecule has 0 N–H and O–H groups in total. The summed E-state index contributed by atoms with van der Waals surface area (Å²) in [7, 11) is 3.26. The van der Waals surface area contributed by atoms with Crippen molar-refractivity contribution in [2.45, 2.75) is 50.0 Å². The van der Waals surface area contributed by atoms with Crippen LogP contribution in [0, 0.1) is 23.7 Å². The van der Waals surface area contributed by atoms with Crippen molar-refractivity contribution in [3.63, 3.8) is 0 Å². The number of methoxy groups -OCH3 is 2. The molecule has 6 aliphatic rings. The molecule has 0 aliphatic carbocycles. The van der Waals surface area contributed by atoms with E-state index < -0.39 is 24.1 Å². The molecule has 2 aromatic heterocycles. The minimum Gasteiger partial charge on any atom is -0.497 e. The van der Waals surface area contributed by atoms with Gasteiger partial charge in [0.1, 0.15) is 23.7 Å². The maximum absolute atomic E-state index is 13.8. The van der Waals surface area contributed by atoms with Gasteiger partial charge in [-0.1, -0.05) is 12.2 Å². The number of aromatic nitrogens is 2. The van der Waals surface area contributed by atoms with Gasteiger partial charge in [-0.05, 0) is 111 Å². The van der Waals surface area contributed by atoms with Crippen LogP contribution < -0.4 is 9.47 Å². The van der Waals surface area contributed by atoms with E-state index in [4.69, 9.17) is 18.9 Å². The molecule has 54 heavy (non-hydrogen) atoms. The average Bonchev–Trinajstić information content (AvgIpc) is 3.23. The number of pyridine rings is 2. The summed E-state index contributed by atoms with van der Waals surface area (Å²) in [5.41, 5.74) is 3.28. The zero-order valence-corrected chi connectivity index (χ0v) is 31.0. The van der Waals surface area contributed by atoms with Crippen molar-refractivity contribution < 1.29 is 28.5 Å². The molecular weight excluding hydrogens is 681 g/mol. The first-order chi connectivity index (χ1) is 26.4. The highest BCUT2D eigenvalue weighted by Gasteiger charge is 2.45. The lowest BCUT2D eigenvalue weighted by Gasteiger charge is -2.51. The van der Waals surface area contributed by atoms with E-state index in [0.29, 0.717) is 35.2 Å². The molecule has 10 atom stereocenters. The van der Waals surface area contributed by atoms with E-state index in [0.717, 1.165) is 84.8 Å². The Labute approximate surface area is 316 Å². The maximum Gasteiger partial charge on any atom is 0.331 e. The smallest absolute Gasteiger partial charge is 0.331 e. The fraction of sp³-hybridized carbons (Fsp3) is 0.409. The fourth-order valence-corrected chi connectivity index (χ4v) is 9.59. The van der Waals surface area contributed by atoms with Crippen molar-refractivity contribution in [2.24, 2.45) is 23.7 Å². The maximum atomic E-state index is 13.8. The summed E-state index contributed by atoms with van der Waals surface area (Å²) in [5.74, 6) is 1.88. The Kier molecular flexibility index (Phi) is 10.2. The van der Waals surface area contributed by atoms with E-state index in [1.165, 1.54) is 12.2 Å². The van der Waals surface area contributed by atoms with Crippen molar-refractivity contribution in [3.8, 4) is 11.5 Å². The van der Waals surface area contributed by atoms with Crippen molar-refractivity contribution in [1.29, 1.82) is 0 Å². The molecule has 10 rings (SSSR count). The lowest BCUT2D eigenvalue weighted by Crippen LogP contribution is -2.55. The summed E-state index contributed by atoms with van der Waals surface area (Å²) in [6.45, 7) is 11.8. The van der Waals surface area contributed by atoms with Gasteiger partial charge in [-0.2, -0.15) is 0 Å². The molecular formula is C44H48N4O6. The summed E-state index contributed by atoms with van der Waals surface area (Å²) in [6, 6.07) is 15.2. The zero-order chi connectivity index (χ0) is 37.3. The second-order valence-electron chi connectivity index (χ2n) is 15.1. The number of hydrogen-bond donors (Lipinski definition) is 0. The summed E-state index contributed by atoms with van der Waals surface area (Å²) in [6.07, 6.45) is 12.7. The number of carbonyl (C=O) groups is 2. The van der Waals surface area contributed by atoms with Crippen LogP contribution in [-0.4, -0.2) is 84.2 Å². The minimum atomic E-state index is -0.613. The molecule has 8 heterocycles. The molecule has 2 unspecified atom stereocenters. The normalized spacial score (nSPS) is 28.4. The SMILES string of the molecule is C=C[C@H]1CN2CC[C@H]1C[C@H]2[C@H](OC(=O)/C=C/C(=O)O[C@H](c1ccnc2ccc(OC)cc12)[C@@H]1C[C@@H]2CCN1C[C@@H]2C=C)c1ccnc2ccc(OC)cc12. The van der Waals surface area contributed by atoms with E-state index in [1.54, 1.807) is 26.6 Å². The molecule has 0 radical (unpaired) electrons. The molecule has 0 spiro atoms. The van der Waals surface area contributed by atoms with Gasteiger partial charge in [-0.15, -0.1) is 13.2 Å². The van der Waals surface area contributed by atoms with Crippen LogP contribution in [0.25, 0.3) is 21.8 Å². The van der Waals surface area contributed by atoms with Crippen LogP contribution in [-0.2, 0) is 19.1 Å². The number of piperidine rings is 6. The number of benzene rings is 2. The average molecular weight is 729 g/mol. The first-order valence-electron chi connectivity index (χ1n) is 19.0. The number of carbonyl (C=O) groups excluding carboxylic acids is 2. The third-order valence-corrected chi connectivity index (χ3v) is 12.4. The van der Waals surface area contributed by atoms with E-state index in [1.807, 2.05) is 48.5 Å². The summed E-state index contributed by atoms with van der Waals surface area (Å²) < 4.78 is 23.9. The molecule has 2 aromatic carbocycles. The van der Waals surface area contributed by atoms with Gasteiger partial charge in [-0.25, -0.2) is 9.59 Å². The molecule has 10 heteroatoms. The van der Waals surface area contributed by atoms with E-state index in [-0.39, 0.29) is 12.1 Å². The quantitative estimate of drug-likeness (QED) is 0.0860. The van der Waals surface area contributed by atoms with Crippen LogP contribution in [0.1, 0.15) is 49.0 Å². The third kappa shape index (κ3) is 6.89. The number of hydrogen-bond acceptors (Lipinski definition) is 10. The van der Waals surface area contributed by atoms with Crippen LogP contribution in [0.4, 0.5) is 0 Å². The predicted octanol–water partition coefficient (Wildman–Crippen LogP) is 7.02. The van der Waals surface area contributed by atoms with Gasteiger partial charge in [0, 0.05) is 59.5 Å².